The van der Waals surface area contributed by atoms with Gasteiger partial charge in [0, 0.05) is 24.8 Å². The van der Waals surface area contributed by atoms with Gasteiger partial charge in [0.1, 0.15) is 22.9 Å². The zero-order chi connectivity index (χ0) is 23.7. The van der Waals surface area contributed by atoms with E-state index in [2.05, 4.69) is 4.98 Å². The quantitative estimate of drug-likeness (QED) is 0.553. The summed E-state index contributed by atoms with van der Waals surface area (Å²) in [5.74, 6) is -0.546. The Labute approximate surface area is 186 Å². The smallest absolute Gasteiger partial charge is 0.152 e. The van der Waals surface area contributed by atoms with Gasteiger partial charge in [-0.05, 0) is 63.9 Å². The molecule has 0 radical (unpaired) electrons. The lowest BCUT2D eigenvalue weighted by atomic mass is 9.89. The van der Waals surface area contributed by atoms with Crippen LogP contribution in [0.3, 0.4) is 0 Å². The number of rotatable bonds is 7. The number of carbonyl (C=O) groups excluding carboxylic acids is 1. The molecule has 7 heteroatoms. The third-order valence-corrected chi connectivity index (χ3v) is 5.43. The minimum absolute atomic E-state index is 0.133. The van der Waals surface area contributed by atoms with E-state index in [1.807, 2.05) is 31.4 Å². The second-order valence-electron chi connectivity index (χ2n) is 9.33. The van der Waals surface area contributed by atoms with Crippen LogP contribution in [-0.2, 0) is 22.4 Å². The minimum Gasteiger partial charge on any atom is -0.385 e. The zero-order valence-electron chi connectivity index (χ0n) is 18.7. The summed E-state index contributed by atoms with van der Waals surface area (Å²) >= 11 is 0. The van der Waals surface area contributed by atoms with Crippen molar-refractivity contribution in [2.45, 2.75) is 64.5 Å². The van der Waals surface area contributed by atoms with E-state index >= 15 is 0 Å². The molecular formula is C25H27F2N3O2. The summed E-state index contributed by atoms with van der Waals surface area (Å²) in [5.41, 5.74) is -0.547. The summed E-state index contributed by atoms with van der Waals surface area (Å²) in [6.45, 7) is 7.40. The van der Waals surface area contributed by atoms with Gasteiger partial charge in [-0.2, -0.15) is 5.26 Å². The lowest BCUT2D eigenvalue weighted by Gasteiger charge is -2.25. The molecule has 3 rings (SSSR count). The molecule has 1 atom stereocenters. The predicted octanol–water partition coefficient (Wildman–Crippen LogP) is 5.13. The number of ketones is 1. The van der Waals surface area contributed by atoms with E-state index in [0.29, 0.717) is 29.7 Å². The fraction of sp³-hybridized carbons (Fsp3) is 0.400. The lowest BCUT2D eigenvalue weighted by molar-refractivity contribution is -0.123. The average molecular weight is 440 g/mol. The number of benzene rings is 2. The van der Waals surface area contributed by atoms with E-state index < -0.39 is 22.8 Å². The maximum absolute atomic E-state index is 14.5. The number of aliphatic hydroxyl groups is 1. The lowest BCUT2D eigenvalue weighted by Crippen LogP contribution is -2.26. The topological polar surface area (TPSA) is 78.9 Å². The Morgan fingerprint density at radius 1 is 1.19 bits per heavy atom. The summed E-state index contributed by atoms with van der Waals surface area (Å²) in [4.78, 5) is 17.0. The zero-order valence-corrected chi connectivity index (χ0v) is 18.7. The van der Waals surface area contributed by atoms with Crippen molar-refractivity contribution < 1.29 is 18.7 Å². The molecule has 32 heavy (non-hydrogen) atoms. The van der Waals surface area contributed by atoms with Gasteiger partial charge in [0.15, 0.2) is 5.82 Å². The van der Waals surface area contributed by atoms with Crippen molar-refractivity contribution >= 4 is 16.8 Å². The molecule has 0 fully saturated rings. The third kappa shape index (κ3) is 5.03. The first-order chi connectivity index (χ1) is 14.9. The SMILES string of the molecule is CC(O)(CC(=O)CCCc1nc2c(F)cc(C#N)cc2n1C(C)(C)C)c1cccc(F)c1. The van der Waals surface area contributed by atoms with Crippen LogP contribution < -0.4 is 0 Å². The molecule has 0 aliphatic heterocycles. The first-order valence-electron chi connectivity index (χ1n) is 10.5. The van der Waals surface area contributed by atoms with Crippen molar-refractivity contribution in [1.29, 1.82) is 5.26 Å². The first kappa shape index (κ1) is 23.6. The van der Waals surface area contributed by atoms with Crippen LogP contribution in [0.5, 0.6) is 0 Å². The van der Waals surface area contributed by atoms with Gasteiger partial charge in [0.05, 0.1) is 22.8 Å². The van der Waals surface area contributed by atoms with E-state index in [9.17, 15) is 23.9 Å². The van der Waals surface area contributed by atoms with Gasteiger partial charge in [-0.25, -0.2) is 13.8 Å². The van der Waals surface area contributed by atoms with Crippen molar-refractivity contribution in [3.8, 4) is 6.07 Å². The second kappa shape index (κ2) is 8.79. The van der Waals surface area contributed by atoms with Gasteiger partial charge in [-0.1, -0.05) is 12.1 Å². The van der Waals surface area contributed by atoms with Crippen LogP contribution in [0.25, 0.3) is 11.0 Å². The van der Waals surface area contributed by atoms with Gasteiger partial charge >= 0.3 is 0 Å². The first-order valence-corrected chi connectivity index (χ1v) is 10.5. The van der Waals surface area contributed by atoms with Gasteiger partial charge in [0.2, 0.25) is 0 Å². The van der Waals surface area contributed by atoms with E-state index in [1.165, 1.54) is 31.2 Å². The standard InChI is InChI=1S/C25H27F2N3O2/c1-24(2,3)30-21-12-16(15-28)11-20(27)23(21)29-22(30)10-6-9-19(31)14-25(4,32)17-7-5-8-18(26)13-17/h5,7-8,11-13,32H,6,9-10,14H2,1-4H3. The second-order valence-corrected chi connectivity index (χ2v) is 9.33. The number of halogens is 2. The molecule has 0 bridgehead atoms. The maximum Gasteiger partial charge on any atom is 0.152 e. The molecule has 0 spiro atoms. The van der Waals surface area contributed by atoms with Gasteiger partial charge < -0.3 is 9.67 Å². The summed E-state index contributed by atoms with van der Waals surface area (Å²) in [6, 6.07) is 10.4. The molecule has 1 unspecified atom stereocenters. The number of fused-ring (bicyclic) bond motifs is 1. The molecular weight excluding hydrogens is 412 g/mol. The molecule has 5 nitrogen and oxygen atoms in total. The van der Waals surface area contributed by atoms with Crippen molar-refractivity contribution in [3.63, 3.8) is 0 Å². The maximum atomic E-state index is 14.5. The van der Waals surface area contributed by atoms with Crippen LogP contribution in [-0.4, -0.2) is 20.4 Å². The number of imidazole rings is 1. The van der Waals surface area contributed by atoms with Gasteiger partial charge in [-0.3, -0.25) is 4.79 Å². The molecule has 0 amide bonds. The van der Waals surface area contributed by atoms with Crippen LogP contribution in [0.15, 0.2) is 36.4 Å². The Bertz CT molecular complexity index is 1200. The molecule has 0 saturated heterocycles. The highest BCUT2D eigenvalue weighted by Crippen LogP contribution is 2.29. The molecule has 1 heterocycles. The molecule has 1 N–H and O–H groups in total. The monoisotopic (exact) mass is 439 g/mol. The van der Waals surface area contributed by atoms with Gasteiger partial charge in [-0.15, -0.1) is 0 Å². The fourth-order valence-electron chi connectivity index (χ4n) is 4.01. The van der Waals surface area contributed by atoms with Crippen LogP contribution in [0, 0.1) is 23.0 Å². The van der Waals surface area contributed by atoms with E-state index in [4.69, 9.17) is 0 Å². The van der Waals surface area contributed by atoms with Crippen LogP contribution in [0.2, 0.25) is 0 Å². The molecule has 1 aromatic heterocycles. The number of aromatic nitrogens is 2. The van der Waals surface area contributed by atoms with Crippen LogP contribution in [0.4, 0.5) is 8.78 Å². The summed E-state index contributed by atoms with van der Waals surface area (Å²) in [6.07, 6.45) is 0.961. The minimum atomic E-state index is -1.46. The number of Topliss-reactive ketones (excluding diaryl/α,β-unsaturated/α-hetero) is 1. The number of hydrogen-bond acceptors (Lipinski definition) is 4. The third-order valence-electron chi connectivity index (χ3n) is 5.43. The molecule has 0 saturated carbocycles. The van der Waals surface area contributed by atoms with E-state index in [-0.39, 0.29) is 29.7 Å². The highest BCUT2D eigenvalue weighted by molar-refractivity contribution is 5.80. The Kier molecular flexibility index (Phi) is 6.47. The number of nitrogens with zero attached hydrogens (tertiary/aromatic N) is 3. The largest absolute Gasteiger partial charge is 0.385 e. The number of aryl methyl sites for hydroxylation is 1. The van der Waals surface area contributed by atoms with Crippen molar-refractivity contribution in [3.05, 3.63) is 65.0 Å². The van der Waals surface area contributed by atoms with E-state index in [0.717, 1.165) is 0 Å². The Balaban J connectivity index is 1.76. The molecule has 2 aromatic carbocycles. The molecule has 0 aliphatic carbocycles. The summed E-state index contributed by atoms with van der Waals surface area (Å²) < 4.78 is 29.9. The fourth-order valence-corrected chi connectivity index (χ4v) is 4.01. The Hall–Kier alpha value is -3.11. The Morgan fingerprint density at radius 2 is 1.91 bits per heavy atom. The summed E-state index contributed by atoms with van der Waals surface area (Å²) in [5, 5.41) is 19.8. The molecule has 0 aliphatic rings. The molecule has 168 valence electrons. The van der Waals surface area contributed by atoms with Crippen molar-refractivity contribution in [2.24, 2.45) is 0 Å². The van der Waals surface area contributed by atoms with Crippen LogP contribution >= 0.6 is 0 Å². The highest BCUT2D eigenvalue weighted by atomic mass is 19.1. The van der Waals surface area contributed by atoms with Crippen LogP contribution in [0.1, 0.15) is 63.9 Å². The number of carbonyl (C=O) groups is 1. The van der Waals surface area contributed by atoms with Crippen molar-refractivity contribution in [2.75, 3.05) is 0 Å². The number of hydrogen-bond donors (Lipinski definition) is 1. The van der Waals surface area contributed by atoms with Gasteiger partial charge in [0.25, 0.3) is 0 Å². The summed E-state index contributed by atoms with van der Waals surface area (Å²) in [7, 11) is 0. The predicted molar refractivity (Wildman–Crippen MR) is 118 cm³/mol. The van der Waals surface area contributed by atoms with E-state index in [1.54, 1.807) is 12.1 Å². The number of nitriles is 1. The Morgan fingerprint density at radius 3 is 2.53 bits per heavy atom. The molecule has 3 aromatic rings. The highest BCUT2D eigenvalue weighted by Gasteiger charge is 2.27. The average Bonchev–Trinajstić information content (AvgIpc) is 3.06. The normalized spacial score (nSPS) is 13.7. The van der Waals surface area contributed by atoms with Crippen molar-refractivity contribution in [1.82, 2.24) is 9.55 Å².